The van der Waals surface area contributed by atoms with Crippen molar-refractivity contribution >= 4 is 17.5 Å². The van der Waals surface area contributed by atoms with E-state index in [-0.39, 0.29) is 17.5 Å². The second kappa shape index (κ2) is 7.57. The molecule has 0 bridgehead atoms. The number of carbonyl (C=O) groups is 2. The number of hydrogen-bond acceptors (Lipinski definition) is 4. The zero-order chi connectivity index (χ0) is 19.6. The van der Waals surface area contributed by atoms with E-state index >= 15 is 0 Å². The lowest BCUT2D eigenvalue weighted by atomic mass is 10.1. The van der Waals surface area contributed by atoms with Gasteiger partial charge in [0.1, 0.15) is 0 Å². The molecular weight excluding hydrogens is 346 g/mol. The normalized spacial score (nSPS) is 13.1. The van der Waals surface area contributed by atoms with Crippen LogP contribution in [-0.2, 0) is 6.54 Å². The predicted octanol–water partition coefficient (Wildman–Crippen LogP) is 3.07. The first-order valence-corrected chi connectivity index (χ1v) is 8.75. The van der Waals surface area contributed by atoms with E-state index in [9.17, 15) is 19.7 Å². The molecule has 1 N–H and O–H groups in total. The van der Waals surface area contributed by atoms with Crippen LogP contribution in [0.1, 0.15) is 44.7 Å². The summed E-state index contributed by atoms with van der Waals surface area (Å²) in [6, 6.07) is 11.8. The number of nitro benzene ring substituents is 1. The molecule has 1 saturated carbocycles. The van der Waals surface area contributed by atoms with E-state index in [2.05, 4.69) is 5.32 Å². The molecule has 2 aromatic rings. The highest BCUT2D eigenvalue weighted by atomic mass is 16.6. The molecule has 3 rings (SSSR count). The van der Waals surface area contributed by atoms with Gasteiger partial charge in [0.25, 0.3) is 17.5 Å². The third kappa shape index (κ3) is 4.49. The van der Waals surface area contributed by atoms with Crippen molar-refractivity contribution in [3.05, 3.63) is 74.8 Å². The van der Waals surface area contributed by atoms with Crippen LogP contribution in [0.2, 0.25) is 0 Å². The number of aryl methyl sites for hydroxylation is 1. The Morgan fingerprint density at radius 2 is 1.78 bits per heavy atom. The van der Waals surface area contributed by atoms with Gasteiger partial charge in [-0.05, 0) is 49.6 Å². The van der Waals surface area contributed by atoms with Gasteiger partial charge in [0.05, 0.1) is 4.92 Å². The Morgan fingerprint density at radius 1 is 1.15 bits per heavy atom. The van der Waals surface area contributed by atoms with Crippen LogP contribution < -0.4 is 5.32 Å². The van der Waals surface area contributed by atoms with Crippen LogP contribution in [0.5, 0.6) is 0 Å². The van der Waals surface area contributed by atoms with Gasteiger partial charge >= 0.3 is 0 Å². The highest BCUT2D eigenvalue weighted by molar-refractivity contribution is 5.95. The van der Waals surface area contributed by atoms with Crippen LogP contribution in [0.15, 0.2) is 42.5 Å². The molecule has 2 aromatic carbocycles. The third-order valence-corrected chi connectivity index (χ3v) is 4.54. The summed E-state index contributed by atoms with van der Waals surface area (Å²) in [6.45, 7) is 1.99. The van der Waals surface area contributed by atoms with Crippen LogP contribution in [-0.4, -0.2) is 34.7 Å². The second-order valence-corrected chi connectivity index (χ2v) is 6.86. The number of rotatable bonds is 6. The van der Waals surface area contributed by atoms with Crippen LogP contribution in [0.3, 0.4) is 0 Å². The van der Waals surface area contributed by atoms with Crippen molar-refractivity contribution in [1.82, 2.24) is 10.2 Å². The molecule has 0 aliphatic heterocycles. The van der Waals surface area contributed by atoms with Crippen LogP contribution in [0.25, 0.3) is 0 Å². The Morgan fingerprint density at radius 3 is 2.33 bits per heavy atom. The summed E-state index contributed by atoms with van der Waals surface area (Å²) < 4.78 is 0. The quantitative estimate of drug-likeness (QED) is 0.627. The summed E-state index contributed by atoms with van der Waals surface area (Å²) in [5, 5.41) is 13.8. The van der Waals surface area contributed by atoms with E-state index in [1.54, 1.807) is 31.0 Å². The zero-order valence-electron chi connectivity index (χ0n) is 15.3. The van der Waals surface area contributed by atoms with Crippen molar-refractivity contribution in [1.29, 1.82) is 0 Å². The summed E-state index contributed by atoms with van der Waals surface area (Å²) >= 11 is 0. The standard InChI is InChI=1S/C20H21N3O4/c1-13-11-16(7-10-18(13)23(26)27)20(25)22(2)12-14-3-5-15(6-4-14)19(24)21-17-8-9-17/h3-7,10-11,17H,8-9,12H2,1-2H3,(H,21,24). The van der Waals surface area contributed by atoms with Gasteiger partial charge in [0.15, 0.2) is 0 Å². The summed E-state index contributed by atoms with van der Waals surface area (Å²) in [6.07, 6.45) is 2.08. The lowest BCUT2D eigenvalue weighted by Crippen LogP contribution is -2.27. The smallest absolute Gasteiger partial charge is 0.272 e. The van der Waals surface area contributed by atoms with Gasteiger partial charge in [0, 0.05) is 42.4 Å². The maximum Gasteiger partial charge on any atom is 0.272 e. The summed E-state index contributed by atoms with van der Waals surface area (Å²) in [7, 11) is 1.67. The molecule has 1 fully saturated rings. The van der Waals surface area contributed by atoms with Gasteiger partial charge in [-0.1, -0.05) is 12.1 Å². The Balaban J connectivity index is 1.64. The fraction of sp³-hybridized carbons (Fsp3) is 0.300. The van der Waals surface area contributed by atoms with Crippen molar-refractivity contribution in [3.8, 4) is 0 Å². The molecule has 0 unspecified atom stereocenters. The second-order valence-electron chi connectivity index (χ2n) is 6.86. The number of nitrogens with one attached hydrogen (secondary N) is 1. The molecule has 0 spiro atoms. The molecule has 1 aliphatic rings. The Bertz CT molecular complexity index is 889. The van der Waals surface area contributed by atoms with Gasteiger partial charge in [-0.25, -0.2) is 0 Å². The topological polar surface area (TPSA) is 92.6 Å². The molecule has 0 heterocycles. The molecule has 140 valence electrons. The van der Waals surface area contributed by atoms with Gasteiger partial charge < -0.3 is 10.2 Å². The Kier molecular flexibility index (Phi) is 5.21. The van der Waals surface area contributed by atoms with Gasteiger partial charge in [-0.3, -0.25) is 19.7 Å². The van der Waals surface area contributed by atoms with E-state index < -0.39 is 4.92 Å². The monoisotopic (exact) mass is 367 g/mol. The summed E-state index contributed by atoms with van der Waals surface area (Å²) in [5.41, 5.74) is 2.35. The maximum atomic E-state index is 12.6. The van der Waals surface area contributed by atoms with Crippen molar-refractivity contribution < 1.29 is 14.5 Å². The van der Waals surface area contributed by atoms with E-state index in [4.69, 9.17) is 0 Å². The molecule has 7 nitrogen and oxygen atoms in total. The fourth-order valence-corrected chi connectivity index (χ4v) is 2.82. The third-order valence-electron chi connectivity index (χ3n) is 4.54. The molecule has 0 atom stereocenters. The minimum absolute atomic E-state index is 0.00531. The van der Waals surface area contributed by atoms with E-state index in [0.29, 0.717) is 29.3 Å². The van der Waals surface area contributed by atoms with Gasteiger partial charge in [0.2, 0.25) is 0 Å². The molecule has 7 heteroatoms. The fourth-order valence-electron chi connectivity index (χ4n) is 2.82. The number of benzene rings is 2. The van der Waals surface area contributed by atoms with Crippen LogP contribution >= 0.6 is 0 Å². The first-order chi connectivity index (χ1) is 12.8. The number of carbonyl (C=O) groups excluding carboxylic acids is 2. The number of nitrogens with zero attached hydrogens (tertiary/aromatic N) is 2. The first-order valence-electron chi connectivity index (χ1n) is 8.75. The lowest BCUT2D eigenvalue weighted by Gasteiger charge is -2.18. The number of amides is 2. The average Bonchev–Trinajstić information content (AvgIpc) is 3.45. The Labute approximate surface area is 157 Å². The van der Waals surface area contributed by atoms with Gasteiger partial charge in [-0.2, -0.15) is 0 Å². The van der Waals surface area contributed by atoms with Crippen LogP contribution in [0, 0.1) is 17.0 Å². The van der Waals surface area contributed by atoms with E-state index in [1.165, 1.54) is 18.2 Å². The predicted molar refractivity (Wildman–Crippen MR) is 101 cm³/mol. The zero-order valence-corrected chi connectivity index (χ0v) is 15.3. The highest BCUT2D eigenvalue weighted by Gasteiger charge is 2.23. The summed E-state index contributed by atoms with van der Waals surface area (Å²) in [5.74, 6) is -0.293. The average molecular weight is 367 g/mol. The molecule has 2 amide bonds. The largest absolute Gasteiger partial charge is 0.349 e. The number of hydrogen-bond donors (Lipinski definition) is 1. The SMILES string of the molecule is Cc1cc(C(=O)N(C)Cc2ccc(C(=O)NC3CC3)cc2)ccc1[N+](=O)[O-]. The van der Waals surface area contributed by atoms with Crippen LogP contribution in [0.4, 0.5) is 5.69 Å². The van der Waals surface area contributed by atoms with E-state index in [1.807, 2.05) is 12.1 Å². The maximum absolute atomic E-state index is 12.6. The summed E-state index contributed by atoms with van der Waals surface area (Å²) in [4.78, 5) is 36.6. The highest BCUT2D eigenvalue weighted by Crippen LogP contribution is 2.21. The minimum Gasteiger partial charge on any atom is -0.349 e. The molecular formula is C20H21N3O4. The molecule has 0 radical (unpaired) electrons. The van der Waals surface area contributed by atoms with Gasteiger partial charge in [-0.15, -0.1) is 0 Å². The first kappa shape index (κ1) is 18.6. The molecule has 0 aromatic heterocycles. The number of nitro groups is 1. The van der Waals surface area contributed by atoms with Crippen molar-refractivity contribution in [2.45, 2.75) is 32.4 Å². The van der Waals surface area contributed by atoms with Crippen molar-refractivity contribution in [3.63, 3.8) is 0 Å². The molecule has 1 aliphatic carbocycles. The van der Waals surface area contributed by atoms with Crippen molar-refractivity contribution in [2.75, 3.05) is 7.05 Å². The van der Waals surface area contributed by atoms with Crippen molar-refractivity contribution in [2.24, 2.45) is 0 Å². The lowest BCUT2D eigenvalue weighted by molar-refractivity contribution is -0.385. The molecule has 27 heavy (non-hydrogen) atoms. The Hall–Kier alpha value is -3.22. The minimum atomic E-state index is -0.464. The molecule has 0 saturated heterocycles. The van der Waals surface area contributed by atoms with E-state index in [0.717, 1.165) is 18.4 Å².